The highest BCUT2D eigenvalue weighted by Crippen LogP contribution is 2.04. The molecule has 5 heteroatoms. The van der Waals surface area contributed by atoms with Crippen LogP contribution < -0.4 is 11.5 Å². The number of hydrogen-bond acceptors (Lipinski definition) is 4. The van der Waals surface area contributed by atoms with Crippen LogP contribution in [-0.2, 0) is 14.3 Å². The summed E-state index contributed by atoms with van der Waals surface area (Å²) in [6, 6.07) is 0. The summed E-state index contributed by atoms with van der Waals surface area (Å²) in [5, 5.41) is 0. The molecule has 0 rings (SSSR count). The van der Waals surface area contributed by atoms with Gasteiger partial charge in [0, 0.05) is 26.9 Å². The van der Waals surface area contributed by atoms with Crippen molar-refractivity contribution in [1.29, 1.82) is 0 Å². The van der Waals surface area contributed by atoms with Crippen LogP contribution in [0.5, 0.6) is 0 Å². The van der Waals surface area contributed by atoms with E-state index in [4.69, 9.17) is 20.9 Å². The van der Waals surface area contributed by atoms with Gasteiger partial charge in [-0.3, -0.25) is 4.79 Å². The summed E-state index contributed by atoms with van der Waals surface area (Å²) in [5.74, 6) is -0.502. The van der Waals surface area contributed by atoms with E-state index in [-0.39, 0.29) is 0 Å². The molecule has 4 N–H and O–H groups in total. The van der Waals surface area contributed by atoms with Crippen molar-refractivity contribution in [3.05, 3.63) is 0 Å². The summed E-state index contributed by atoms with van der Waals surface area (Å²) >= 11 is 0. The van der Waals surface area contributed by atoms with Gasteiger partial charge < -0.3 is 20.9 Å². The lowest BCUT2D eigenvalue weighted by molar-refractivity contribution is -0.123. The maximum Gasteiger partial charge on any atom is 0.237 e. The number of rotatable bonds is 8. The minimum absolute atomic E-state index is 0.440. The van der Waals surface area contributed by atoms with Gasteiger partial charge in [-0.1, -0.05) is 0 Å². The van der Waals surface area contributed by atoms with Crippen molar-refractivity contribution in [2.24, 2.45) is 11.5 Å². The minimum atomic E-state index is -0.971. The highest BCUT2D eigenvalue weighted by Gasteiger charge is 2.24. The third-order valence-electron chi connectivity index (χ3n) is 1.97. The summed E-state index contributed by atoms with van der Waals surface area (Å²) in [4.78, 5) is 10.8. The Balaban J connectivity index is 3.40. The molecule has 84 valence electrons. The van der Waals surface area contributed by atoms with E-state index < -0.39 is 11.4 Å². The van der Waals surface area contributed by atoms with Gasteiger partial charge in [-0.25, -0.2) is 0 Å². The minimum Gasteiger partial charge on any atom is -0.385 e. The highest BCUT2D eigenvalue weighted by molar-refractivity contribution is 5.83. The summed E-state index contributed by atoms with van der Waals surface area (Å²) < 4.78 is 10.1. The molecule has 0 radical (unpaired) electrons. The molecule has 0 aliphatic rings. The molecule has 0 saturated carbocycles. The Hall–Kier alpha value is -0.650. The lowest BCUT2D eigenvalue weighted by atomic mass is 9.99. The van der Waals surface area contributed by atoms with Crippen molar-refractivity contribution < 1.29 is 14.3 Å². The van der Waals surface area contributed by atoms with E-state index in [0.717, 1.165) is 6.42 Å². The number of primary amides is 1. The Morgan fingerprint density at radius 1 is 1.36 bits per heavy atom. The predicted molar refractivity (Wildman–Crippen MR) is 53.7 cm³/mol. The fraction of sp³-hybridized carbons (Fsp3) is 0.889. The monoisotopic (exact) mass is 204 g/mol. The quantitative estimate of drug-likeness (QED) is 0.528. The number of nitrogens with two attached hydrogens (primary N) is 2. The third-order valence-corrected chi connectivity index (χ3v) is 1.97. The second-order valence-electron chi connectivity index (χ2n) is 3.49. The maximum absolute atomic E-state index is 10.8. The van der Waals surface area contributed by atoms with Crippen LogP contribution in [0, 0.1) is 0 Å². The van der Waals surface area contributed by atoms with Crippen LogP contribution in [0.1, 0.15) is 19.8 Å². The van der Waals surface area contributed by atoms with Crippen LogP contribution in [0.3, 0.4) is 0 Å². The molecule has 0 aromatic heterocycles. The Labute approximate surface area is 84.7 Å². The van der Waals surface area contributed by atoms with Crippen molar-refractivity contribution in [3.63, 3.8) is 0 Å². The number of carbonyl (C=O) groups is 1. The number of carbonyl (C=O) groups excluding carboxylic acids is 1. The average molecular weight is 204 g/mol. The van der Waals surface area contributed by atoms with Gasteiger partial charge in [-0.2, -0.15) is 0 Å². The summed E-state index contributed by atoms with van der Waals surface area (Å²) in [7, 11) is 1.64. The van der Waals surface area contributed by atoms with Crippen molar-refractivity contribution in [2.45, 2.75) is 25.3 Å². The van der Waals surface area contributed by atoms with E-state index in [2.05, 4.69) is 0 Å². The molecular weight excluding hydrogens is 184 g/mol. The van der Waals surface area contributed by atoms with E-state index in [9.17, 15) is 4.79 Å². The number of amides is 1. The second kappa shape index (κ2) is 6.75. The fourth-order valence-electron chi connectivity index (χ4n) is 0.815. The van der Waals surface area contributed by atoms with Gasteiger partial charge in [0.25, 0.3) is 0 Å². The Bertz CT molecular complexity index is 171. The summed E-state index contributed by atoms with van der Waals surface area (Å²) in [6.07, 6.45) is 1.28. The fourth-order valence-corrected chi connectivity index (χ4v) is 0.815. The van der Waals surface area contributed by atoms with E-state index in [1.165, 1.54) is 0 Å². The molecule has 0 aliphatic carbocycles. The van der Waals surface area contributed by atoms with Gasteiger partial charge in [-0.05, 0) is 19.8 Å². The van der Waals surface area contributed by atoms with Crippen LogP contribution in [0.15, 0.2) is 0 Å². The molecule has 0 spiro atoms. The Kier molecular flexibility index (Phi) is 6.44. The first kappa shape index (κ1) is 13.4. The first-order valence-corrected chi connectivity index (χ1v) is 4.66. The molecule has 0 saturated heterocycles. The number of hydrogen-bond donors (Lipinski definition) is 2. The number of ether oxygens (including phenoxy) is 2. The van der Waals surface area contributed by atoms with Crippen LogP contribution in [0.25, 0.3) is 0 Å². The largest absolute Gasteiger partial charge is 0.385 e. The molecule has 14 heavy (non-hydrogen) atoms. The average Bonchev–Trinajstić information content (AvgIpc) is 2.10. The van der Waals surface area contributed by atoms with Crippen molar-refractivity contribution in [2.75, 3.05) is 26.9 Å². The van der Waals surface area contributed by atoms with Crippen LogP contribution in [-0.4, -0.2) is 38.4 Å². The highest BCUT2D eigenvalue weighted by atomic mass is 16.5. The van der Waals surface area contributed by atoms with Gasteiger partial charge in [0.05, 0.1) is 5.54 Å². The SMILES string of the molecule is COCCCOCCC(C)(N)C(N)=O. The predicted octanol–water partition coefficient (Wildman–Crippen LogP) is -0.368. The van der Waals surface area contributed by atoms with Crippen molar-refractivity contribution >= 4 is 5.91 Å². The lowest BCUT2D eigenvalue weighted by Crippen LogP contribution is -2.50. The molecule has 1 atom stereocenters. The maximum atomic E-state index is 10.8. The van der Waals surface area contributed by atoms with Gasteiger partial charge in [0.15, 0.2) is 0 Å². The molecule has 1 amide bonds. The zero-order chi connectivity index (χ0) is 11.0. The van der Waals surface area contributed by atoms with Gasteiger partial charge in [0.1, 0.15) is 0 Å². The third kappa shape index (κ3) is 5.90. The molecule has 5 nitrogen and oxygen atoms in total. The molecule has 1 unspecified atom stereocenters. The van der Waals surface area contributed by atoms with Crippen LogP contribution in [0.2, 0.25) is 0 Å². The zero-order valence-corrected chi connectivity index (χ0v) is 8.91. The van der Waals surface area contributed by atoms with Crippen molar-refractivity contribution in [3.8, 4) is 0 Å². The lowest BCUT2D eigenvalue weighted by Gasteiger charge is -2.19. The van der Waals surface area contributed by atoms with Gasteiger partial charge in [0.2, 0.25) is 5.91 Å². The topological polar surface area (TPSA) is 87.6 Å². The Morgan fingerprint density at radius 3 is 2.50 bits per heavy atom. The standard InChI is InChI=1S/C9H20N2O3/c1-9(11,8(10)12)4-7-14-6-3-5-13-2/h3-7,11H2,1-2H3,(H2,10,12). The molecule has 0 bridgehead atoms. The molecular formula is C9H20N2O3. The zero-order valence-electron chi connectivity index (χ0n) is 8.91. The Morgan fingerprint density at radius 2 is 2.00 bits per heavy atom. The number of methoxy groups -OCH3 is 1. The normalized spacial score (nSPS) is 15.1. The van der Waals surface area contributed by atoms with Gasteiger partial charge in [-0.15, -0.1) is 0 Å². The van der Waals surface area contributed by atoms with Crippen molar-refractivity contribution in [1.82, 2.24) is 0 Å². The molecule has 0 fully saturated rings. The molecule has 0 aromatic rings. The van der Waals surface area contributed by atoms with E-state index in [1.54, 1.807) is 14.0 Å². The summed E-state index contributed by atoms with van der Waals surface area (Å²) in [6.45, 7) is 3.34. The molecule has 0 aliphatic heterocycles. The molecule has 0 heterocycles. The van der Waals surface area contributed by atoms with Crippen LogP contribution >= 0.6 is 0 Å². The van der Waals surface area contributed by atoms with Gasteiger partial charge >= 0.3 is 0 Å². The van der Waals surface area contributed by atoms with E-state index in [0.29, 0.717) is 26.2 Å². The molecule has 0 aromatic carbocycles. The summed E-state index contributed by atoms with van der Waals surface area (Å²) in [5.41, 5.74) is 9.74. The first-order chi connectivity index (χ1) is 6.50. The first-order valence-electron chi connectivity index (χ1n) is 4.66. The van der Waals surface area contributed by atoms with Crippen LogP contribution in [0.4, 0.5) is 0 Å². The smallest absolute Gasteiger partial charge is 0.237 e. The van der Waals surface area contributed by atoms with E-state index in [1.807, 2.05) is 0 Å². The van der Waals surface area contributed by atoms with E-state index >= 15 is 0 Å². The second-order valence-corrected chi connectivity index (χ2v) is 3.49.